The highest BCUT2D eigenvalue weighted by Gasteiger charge is 2.33. The van der Waals surface area contributed by atoms with E-state index in [1.807, 2.05) is 13.8 Å². The molecule has 2 N–H and O–H groups in total. The molecule has 1 aliphatic rings. The van der Waals surface area contributed by atoms with Crippen LogP contribution in [0.3, 0.4) is 0 Å². The molecule has 0 saturated carbocycles. The van der Waals surface area contributed by atoms with Gasteiger partial charge < -0.3 is 15.2 Å². The number of nitrogens with zero attached hydrogens (tertiary/aromatic N) is 4. The second kappa shape index (κ2) is 8.20. The summed E-state index contributed by atoms with van der Waals surface area (Å²) in [6, 6.07) is 7.82. The minimum atomic E-state index is -0.807. The number of nitrogen functional groups attached to an aromatic ring is 1. The Bertz CT molecular complexity index is 1290. The summed E-state index contributed by atoms with van der Waals surface area (Å²) in [7, 11) is 1.64. The Labute approximate surface area is 190 Å². The van der Waals surface area contributed by atoms with Crippen molar-refractivity contribution < 1.29 is 18.7 Å². The first-order valence-corrected chi connectivity index (χ1v) is 10.5. The summed E-state index contributed by atoms with van der Waals surface area (Å²) in [6.45, 7) is 5.53. The zero-order chi connectivity index (χ0) is 23.9. The molecule has 0 amide bonds. The van der Waals surface area contributed by atoms with Crippen LogP contribution in [-0.4, -0.2) is 27.2 Å². The van der Waals surface area contributed by atoms with E-state index in [1.54, 1.807) is 20.0 Å². The van der Waals surface area contributed by atoms with Gasteiger partial charge in [-0.15, -0.1) is 5.10 Å². The number of ether oxygens (including phenoxy) is 2. The number of Topliss-reactive ketones (excluding diaryl/α,β-unsaturated/α-hetero) is 1. The third-order valence-electron chi connectivity index (χ3n) is 5.87. The van der Waals surface area contributed by atoms with Gasteiger partial charge >= 0.3 is 0 Å². The molecule has 0 radical (unpaired) electrons. The number of carbonyl (C=O) groups excluding carboxylic acids is 1. The number of rotatable bonds is 0. The Hall–Kier alpha value is -3.93. The minimum Gasteiger partial charge on any atom is -0.482 e. The second-order valence-electron chi connectivity index (χ2n) is 8.67. The number of carbonyl (C=O) groups is 1. The average molecular weight is 449 g/mol. The van der Waals surface area contributed by atoms with Gasteiger partial charge in [-0.1, -0.05) is 13.8 Å². The standard InChI is InChI=1S/C24H24FN5O3/c1-13-17-10-15(25)5-6-16(17)21(31)24(2,3)7-8-32-23-20(18(11-26)30(4)29-23)14-9-19(33-13)22(27)28-12-14/h5-6,9-10,12-13H,7-8H2,1-4H3,(H2,27,28). The summed E-state index contributed by atoms with van der Waals surface area (Å²) in [5.41, 5.74) is 7.31. The molecule has 0 spiro atoms. The smallest absolute Gasteiger partial charge is 0.242 e. The fourth-order valence-corrected chi connectivity index (χ4v) is 3.89. The molecule has 4 rings (SSSR count). The predicted molar refractivity (Wildman–Crippen MR) is 119 cm³/mol. The summed E-state index contributed by atoms with van der Waals surface area (Å²) >= 11 is 0. The van der Waals surface area contributed by atoms with Crippen LogP contribution in [0, 0.1) is 22.6 Å². The summed E-state index contributed by atoms with van der Waals surface area (Å²) in [6.07, 6.45) is 1.20. The van der Waals surface area contributed by atoms with Crippen molar-refractivity contribution >= 4 is 11.6 Å². The maximum Gasteiger partial charge on any atom is 0.242 e. The van der Waals surface area contributed by atoms with Gasteiger partial charge in [-0.2, -0.15) is 5.26 Å². The van der Waals surface area contributed by atoms with E-state index in [0.29, 0.717) is 28.7 Å². The molecule has 1 aliphatic heterocycles. The van der Waals surface area contributed by atoms with E-state index in [9.17, 15) is 14.4 Å². The van der Waals surface area contributed by atoms with Crippen LogP contribution < -0.4 is 15.2 Å². The van der Waals surface area contributed by atoms with Crippen LogP contribution in [0.25, 0.3) is 11.1 Å². The zero-order valence-electron chi connectivity index (χ0n) is 18.8. The number of nitriles is 1. The molecule has 33 heavy (non-hydrogen) atoms. The highest BCUT2D eigenvalue weighted by molar-refractivity contribution is 6.01. The molecule has 2 bridgehead atoms. The van der Waals surface area contributed by atoms with Crippen LogP contribution in [0.1, 0.15) is 54.9 Å². The fraction of sp³-hybridized carbons (Fsp3) is 0.333. The largest absolute Gasteiger partial charge is 0.482 e. The maximum absolute atomic E-state index is 14.1. The zero-order valence-corrected chi connectivity index (χ0v) is 18.8. The van der Waals surface area contributed by atoms with E-state index in [4.69, 9.17) is 15.2 Å². The molecular formula is C24H24FN5O3. The molecule has 2 aromatic heterocycles. The van der Waals surface area contributed by atoms with Gasteiger partial charge in [0, 0.05) is 35.3 Å². The molecule has 0 saturated heterocycles. The SMILES string of the molecule is CC1Oc2cc(cnc2N)-c2c(nn(C)c2C#N)OCCC(C)(C)C(=O)c2ccc(F)cc21. The van der Waals surface area contributed by atoms with E-state index in [-0.39, 0.29) is 35.5 Å². The van der Waals surface area contributed by atoms with Crippen molar-refractivity contribution in [1.29, 1.82) is 5.26 Å². The van der Waals surface area contributed by atoms with E-state index in [2.05, 4.69) is 16.2 Å². The van der Waals surface area contributed by atoms with Crippen LogP contribution in [0.15, 0.2) is 30.5 Å². The van der Waals surface area contributed by atoms with Gasteiger partial charge in [0.15, 0.2) is 17.4 Å². The first-order valence-electron chi connectivity index (χ1n) is 10.5. The number of ketones is 1. The molecule has 0 fully saturated rings. The number of nitrogens with two attached hydrogens (primary N) is 1. The number of anilines is 1. The predicted octanol–water partition coefficient (Wildman–Crippen LogP) is 4.21. The number of pyridine rings is 1. The normalized spacial score (nSPS) is 17.6. The molecule has 3 heterocycles. The van der Waals surface area contributed by atoms with Crippen molar-refractivity contribution in [2.75, 3.05) is 12.3 Å². The summed E-state index contributed by atoms with van der Waals surface area (Å²) in [4.78, 5) is 17.7. The Kier molecular flexibility index (Phi) is 5.54. The van der Waals surface area contributed by atoms with E-state index >= 15 is 0 Å². The Balaban J connectivity index is 1.92. The van der Waals surface area contributed by atoms with Crippen molar-refractivity contribution in [3.8, 4) is 28.8 Å². The highest BCUT2D eigenvalue weighted by Crippen LogP contribution is 2.38. The molecule has 170 valence electrons. The topological polar surface area (TPSA) is 116 Å². The van der Waals surface area contributed by atoms with Crippen LogP contribution in [0.2, 0.25) is 0 Å². The second-order valence-corrected chi connectivity index (χ2v) is 8.67. The quantitative estimate of drug-likeness (QED) is 0.546. The molecule has 1 aromatic carbocycles. The number of hydrogen-bond acceptors (Lipinski definition) is 7. The summed E-state index contributed by atoms with van der Waals surface area (Å²) in [5.74, 6) is -0.0302. The Morgan fingerprint density at radius 3 is 2.82 bits per heavy atom. The van der Waals surface area contributed by atoms with E-state index < -0.39 is 17.3 Å². The molecule has 9 heteroatoms. The lowest BCUT2D eigenvalue weighted by molar-refractivity contribution is 0.0796. The summed E-state index contributed by atoms with van der Waals surface area (Å²) < 4.78 is 27.6. The summed E-state index contributed by atoms with van der Waals surface area (Å²) in [5, 5.41) is 14.0. The number of aryl methyl sites for hydroxylation is 1. The fourth-order valence-electron chi connectivity index (χ4n) is 3.89. The van der Waals surface area contributed by atoms with Crippen LogP contribution in [0.5, 0.6) is 11.6 Å². The first-order chi connectivity index (χ1) is 15.6. The van der Waals surface area contributed by atoms with E-state index in [1.165, 1.54) is 29.1 Å². The Morgan fingerprint density at radius 2 is 2.09 bits per heavy atom. The van der Waals surface area contributed by atoms with Crippen molar-refractivity contribution in [2.45, 2.75) is 33.3 Å². The molecule has 1 unspecified atom stereocenters. The van der Waals surface area contributed by atoms with Crippen LogP contribution in [0.4, 0.5) is 10.2 Å². The van der Waals surface area contributed by atoms with Crippen LogP contribution in [-0.2, 0) is 7.05 Å². The molecular weight excluding hydrogens is 425 g/mol. The van der Waals surface area contributed by atoms with Gasteiger partial charge in [0.1, 0.15) is 23.7 Å². The van der Waals surface area contributed by atoms with E-state index in [0.717, 1.165) is 0 Å². The number of benzene rings is 1. The molecule has 3 aromatic rings. The minimum absolute atomic E-state index is 0.118. The van der Waals surface area contributed by atoms with Crippen molar-refractivity contribution in [3.05, 3.63) is 53.1 Å². The number of hydrogen-bond donors (Lipinski definition) is 1. The maximum atomic E-state index is 14.1. The van der Waals surface area contributed by atoms with Gasteiger partial charge in [-0.3, -0.25) is 9.48 Å². The highest BCUT2D eigenvalue weighted by atomic mass is 19.1. The van der Waals surface area contributed by atoms with Crippen molar-refractivity contribution in [1.82, 2.24) is 14.8 Å². The average Bonchev–Trinajstić information content (AvgIpc) is 3.09. The lowest BCUT2D eigenvalue weighted by Crippen LogP contribution is -2.28. The molecule has 1 atom stereocenters. The Morgan fingerprint density at radius 1 is 1.33 bits per heavy atom. The number of halogens is 1. The number of fused-ring (bicyclic) bond motifs is 5. The van der Waals surface area contributed by atoms with Crippen LogP contribution >= 0.6 is 0 Å². The monoisotopic (exact) mass is 449 g/mol. The third-order valence-corrected chi connectivity index (χ3v) is 5.87. The molecule has 8 nitrogen and oxygen atoms in total. The van der Waals surface area contributed by atoms with Gasteiger partial charge in [0.25, 0.3) is 0 Å². The van der Waals surface area contributed by atoms with Crippen molar-refractivity contribution in [2.24, 2.45) is 12.5 Å². The van der Waals surface area contributed by atoms with Gasteiger partial charge in [-0.25, -0.2) is 9.37 Å². The van der Waals surface area contributed by atoms with Gasteiger partial charge in [0.05, 0.1) is 12.2 Å². The third kappa shape index (κ3) is 4.00. The van der Waals surface area contributed by atoms with Gasteiger partial charge in [0.2, 0.25) is 5.88 Å². The van der Waals surface area contributed by atoms with Gasteiger partial charge in [-0.05, 0) is 37.6 Å². The van der Waals surface area contributed by atoms with Crippen molar-refractivity contribution in [3.63, 3.8) is 0 Å². The lowest BCUT2D eigenvalue weighted by Gasteiger charge is -2.26. The number of aromatic nitrogens is 3. The lowest BCUT2D eigenvalue weighted by atomic mass is 9.79. The molecule has 0 aliphatic carbocycles. The first kappa shape index (κ1) is 22.3.